The number of thiophene rings is 1. The zero-order valence-corrected chi connectivity index (χ0v) is 11.3. The Labute approximate surface area is 103 Å². The number of methoxy groups -OCH3 is 1. The van der Waals surface area contributed by atoms with Crippen LogP contribution in [-0.2, 0) is 4.74 Å². The van der Waals surface area contributed by atoms with E-state index in [4.69, 9.17) is 4.74 Å². The topological polar surface area (TPSA) is 21.3 Å². The zero-order valence-electron chi connectivity index (χ0n) is 10.5. The van der Waals surface area contributed by atoms with Crippen LogP contribution in [0.1, 0.15) is 37.6 Å². The number of hydrogen-bond acceptors (Lipinski definition) is 3. The fourth-order valence-corrected chi connectivity index (χ4v) is 2.68. The predicted octanol–water partition coefficient (Wildman–Crippen LogP) is 3.46. The summed E-state index contributed by atoms with van der Waals surface area (Å²) in [6.07, 6.45) is 2.33. The smallest absolute Gasteiger partial charge is 0.0488 e. The van der Waals surface area contributed by atoms with Crippen LogP contribution < -0.4 is 5.32 Å². The summed E-state index contributed by atoms with van der Waals surface area (Å²) >= 11 is 1.84. The third-order valence-corrected chi connectivity index (χ3v) is 3.60. The maximum Gasteiger partial charge on any atom is 0.0488 e. The first-order valence-electron chi connectivity index (χ1n) is 6.03. The Morgan fingerprint density at radius 2 is 2.31 bits per heavy atom. The molecule has 2 nitrogen and oxygen atoms in total. The number of nitrogens with one attached hydrogen (secondary N) is 1. The van der Waals surface area contributed by atoms with E-state index in [1.165, 1.54) is 11.3 Å². The summed E-state index contributed by atoms with van der Waals surface area (Å²) in [4.78, 5) is 1.44. The highest BCUT2D eigenvalue weighted by Gasteiger charge is 2.15. The van der Waals surface area contributed by atoms with Gasteiger partial charge >= 0.3 is 0 Å². The lowest BCUT2D eigenvalue weighted by Gasteiger charge is -2.20. The molecule has 0 aliphatic heterocycles. The highest BCUT2D eigenvalue weighted by Crippen LogP contribution is 2.25. The van der Waals surface area contributed by atoms with Crippen LogP contribution >= 0.6 is 11.3 Å². The molecule has 0 aliphatic rings. The normalized spacial score (nSPS) is 14.9. The molecular weight excluding hydrogens is 218 g/mol. The van der Waals surface area contributed by atoms with Gasteiger partial charge in [-0.25, -0.2) is 0 Å². The van der Waals surface area contributed by atoms with Crippen molar-refractivity contribution in [1.82, 2.24) is 5.32 Å². The van der Waals surface area contributed by atoms with Crippen LogP contribution in [0.4, 0.5) is 0 Å². The van der Waals surface area contributed by atoms with E-state index >= 15 is 0 Å². The van der Waals surface area contributed by atoms with E-state index in [1.807, 2.05) is 11.3 Å². The van der Waals surface area contributed by atoms with E-state index in [0.29, 0.717) is 12.0 Å². The molecule has 1 aromatic heterocycles. The summed E-state index contributed by atoms with van der Waals surface area (Å²) in [6.45, 7) is 6.38. The second-order valence-corrected chi connectivity index (χ2v) is 5.30. The average molecular weight is 241 g/mol. The molecule has 1 heterocycles. The SMILES string of the molecule is CCCNC(CC(C)COC)c1cccs1. The lowest BCUT2D eigenvalue weighted by Crippen LogP contribution is -2.24. The second-order valence-electron chi connectivity index (χ2n) is 4.32. The van der Waals surface area contributed by atoms with Gasteiger partial charge in [0.1, 0.15) is 0 Å². The van der Waals surface area contributed by atoms with E-state index in [0.717, 1.165) is 19.6 Å². The van der Waals surface area contributed by atoms with E-state index in [2.05, 4.69) is 36.7 Å². The molecule has 0 amide bonds. The predicted molar refractivity (Wildman–Crippen MR) is 71.0 cm³/mol. The Hall–Kier alpha value is -0.380. The Morgan fingerprint density at radius 3 is 2.88 bits per heavy atom. The summed E-state index contributed by atoms with van der Waals surface area (Å²) in [5.74, 6) is 0.599. The van der Waals surface area contributed by atoms with Crippen molar-refractivity contribution < 1.29 is 4.74 Å². The molecule has 0 saturated carbocycles. The molecule has 0 bridgehead atoms. The highest BCUT2D eigenvalue weighted by molar-refractivity contribution is 7.10. The van der Waals surface area contributed by atoms with Gasteiger partial charge in [0.05, 0.1) is 0 Å². The van der Waals surface area contributed by atoms with Gasteiger partial charge in [-0.1, -0.05) is 19.9 Å². The Morgan fingerprint density at radius 1 is 1.50 bits per heavy atom. The van der Waals surface area contributed by atoms with E-state index in [1.54, 1.807) is 7.11 Å². The van der Waals surface area contributed by atoms with Crippen LogP contribution in [0.25, 0.3) is 0 Å². The second kappa shape index (κ2) is 7.82. The summed E-state index contributed by atoms with van der Waals surface area (Å²) in [5, 5.41) is 5.77. The van der Waals surface area contributed by atoms with Crippen molar-refractivity contribution in [2.24, 2.45) is 5.92 Å². The Balaban J connectivity index is 2.50. The molecule has 2 unspecified atom stereocenters. The number of rotatable bonds is 8. The summed E-state index contributed by atoms with van der Waals surface area (Å²) in [6, 6.07) is 4.84. The van der Waals surface area contributed by atoms with Crippen molar-refractivity contribution in [2.75, 3.05) is 20.3 Å². The fraction of sp³-hybridized carbons (Fsp3) is 0.692. The maximum atomic E-state index is 5.20. The lowest BCUT2D eigenvalue weighted by molar-refractivity contribution is 0.149. The molecule has 0 spiro atoms. The number of hydrogen-bond donors (Lipinski definition) is 1. The average Bonchev–Trinajstić information content (AvgIpc) is 2.77. The van der Waals surface area contributed by atoms with Crippen LogP contribution in [0.2, 0.25) is 0 Å². The molecule has 2 atom stereocenters. The van der Waals surface area contributed by atoms with Crippen LogP contribution in [-0.4, -0.2) is 20.3 Å². The molecule has 1 rings (SSSR count). The summed E-state index contributed by atoms with van der Waals surface area (Å²) in [7, 11) is 1.77. The van der Waals surface area contributed by atoms with Gasteiger partial charge in [-0.2, -0.15) is 0 Å². The molecule has 16 heavy (non-hydrogen) atoms. The molecule has 0 saturated heterocycles. The summed E-state index contributed by atoms with van der Waals surface area (Å²) in [5.41, 5.74) is 0. The van der Waals surface area contributed by atoms with Crippen LogP contribution in [0.5, 0.6) is 0 Å². The first kappa shape index (κ1) is 13.7. The van der Waals surface area contributed by atoms with Crippen molar-refractivity contribution in [3.8, 4) is 0 Å². The van der Waals surface area contributed by atoms with Gasteiger partial charge in [-0.05, 0) is 36.8 Å². The van der Waals surface area contributed by atoms with Crippen LogP contribution in [0.15, 0.2) is 17.5 Å². The van der Waals surface area contributed by atoms with Gasteiger partial charge < -0.3 is 10.1 Å². The maximum absolute atomic E-state index is 5.20. The third-order valence-electron chi connectivity index (χ3n) is 2.62. The van der Waals surface area contributed by atoms with Gasteiger partial charge in [0.25, 0.3) is 0 Å². The minimum absolute atomic E-state index is 0.491. The van der Waals surface area contributed by atoms with Crippen molar-refractivity contribution in [3.63, 3.8) is 0 Å². The monoisotopic (exact) mass is 241 g/mol. The largest absolute Gasteiger partial charge is 0.384 e. The van der Waals surface area contributed by atoms with Gasteiger partial charge in [0, 0.05) is 24.6 Å². The highest BCUT2D eigenvalue weighted by atomic mass is 32.1. The molecule has 1 aromatic rings. The van der Waals surface area contributed by atoms with Crippen molar-refractivity contribution >= 4 is 11.3 Å². The van der Waals surface area contributed by atoms with E-state index < -0.39 is 0 Å². The van der Waals surface area contributed by atoms with Gasteiger partial charge in [-0.15, -0.1) is 11.3 Å². The van der Waals surface area contributed by atoms with E-state index in [9.17, 15) is 0 Å². The molecule has 0 aliphatic carbocycles. The minimum atomic E-state index is 0.491. The lowest BCUT2D eigenvalue weighted by atomic mass is 10.0. The number of ether oxygens (including phenoxy) is 1. The first-order valence-corrected chi connectivity index (χ1v) is 6.91. The molecular formula is C13H23NOS. The standard InChI is InChI=1S/C13H23NOS/c1-4-7-14-12(9-11(2)10-15-3)13-6-5-8-16-13/h5-6,8,11-12,14H,4,7,9-10H2,1-3H3. The van der Waals surface area contributed by atoms with Crippen LogP contribution in [0.3, 0.4) is 0 Å². The molecule has 0 aromatic carbocycles. The zero-order chi connectivity index (χ0) is 11.8. The van der Waals surface area contributed by atoms with Crippen molar-refractivity contribution in [3.05, 3.63) is 22.4 Å². The fourth-order valence-electron chi connectivity index (χ4n) is 1.86. The third kappa shape index (κ3) is 4.64. The quantitative estimate of drug-likeness (QED) is 0.752. The van der Waals surface area contributed by atoms with Gasteiger partial charge in [-0.3, -0.25) is 0 Å². The first-order chi connectivity index (χ1) is 7.77. The molecule has 92 valence electrons. The summed E-state index contributed by atoms with van der Waals surface area (Å²) < 4.78 is 5.20. The Kier molecular flexibility index (Phi) is 6.69. The molecule has 0 fully saturated rings. The minimum Gasteiger partial charge on any atom is -0.384 e. The molecule has 1 N–H and O–H groups in total. The van der Waals surface area contributed by atoms with E-state index in [-0.39, 0.29) is 0 Å². The van der Waals surface area contributed by atoms with Gasteiger partial charge in [0.15, 0.2) is 0 Å². The van der Waals surface area contributed by atoms with Crippen LogP contribution in [0, 0.1) is 5.92 Å². The van der Waals surface area contributed by atoms with Crippen molar-refractivity contribution in [2.45, 2.75) is 32.7 Å². The molecule has 3 heteroatoms. The van der Waals surface area contributed by atoms with Crippen molar-refractivity contribution in [1.29, 1.82) is 0 Å². The Bertz CT molecular complexity index is 261. The van der Waals surface area contributed by atoms with Gasteiger partial charge in [0.2, 0.25) is 0 Å². The molecule has 0 radical (unpaired) electrons.